The number of hydrogen-bond acceptors (Lipinski definition) is 0. The second-order valence-corrected chi connectivity index (χ2v) is 0.962. The molecule has 0 N–H and O–H groups in total. The summed E-state index contributed by atoms with van der Waals surface area (Å²) in [5.41, 5.74) is 0. The maximum Gasteiger partial charge on any atom is 4.00 e. The predicted octanol–water partition coefficient (Wildman–Crippen LogP) is 3.14. The molecule has 0 aliphatic heterocycles. The van der Waals surface area contributed by atoms with E-state index in [1.807, 2.05) is 30.3 Å². The third-order valence-electron chi connectivity index (χ3n) is 0.556. The first-order valence-electron chi connectivity index (χ1n) is 2.37. The largest absolute Gasteiger partial charge is 4.00 e. The van der Waals surface area contributed by atoms with Gasteiger partial charge in [0.25, 0.3) is 0 Å². The molecular formula is C9H16Ti. The molecule has 0 saturated heterocycles. The van der Waals surface area contributed by atoms with Crippen LogP contribution < -0.4 is 0 Å². The van der Waals surface area contributed by atoms with Gasteiger partial charge in [0.15, 0.2) is 0 Å². The Morgan fingerprint density at radius 1 is 1.00 bits per heavy atom. The van der Waals surface area contributed by atoms with Gasteiger partial charge in [0.05, 0.1) is 0 Å². The van der Waals surface area contributed by atoms with Gasteiger partial charge < -0.3 is 21.8 Å². The van der Waals surface area contributed by atoms with Crippen molar-refractivity contribution in [1.82, 2.24) is 0 Å². The summed E-state index contributed by atoms with van der Waals surface area (Å²) < 4.78 is 0. The summed E-state index contributed by atoms with van der Waals surface area (Å²) in [6.07, 6.45) is 0. The Morgan fingerprint density at radius 3 is 1.40 bits per heavy atom. The molecule has 0 fully saturated rings. The van der Waals surface area contributed by atoms with E-state index in [1.165, 1.54) is 0 Å². The quantitative estimate of drug-likeness (QED) is 0.416. The number of hydrogen-bond donors (Lipinski definition) is 0. The minimum Gasteiger partial charge on any atom is -0.358 e. The van der Waals surface area contributed by atoms with Gasteiger partial charge in [-0.1, -0.05) is 0 Å². The maximum absolute atomic E-state index is 3.25. The molecule has 1 heteroatoms. The zero-order valence-electron chi connectivity index (χ0n) is 7.09. The van der Waals surface area contributed by atoms with Gasteiger partial charge in [0, 0.05) is 0 Å². The summed E-state index contributed by atoms with van der Waals surface area (Å²) in [5, 5.41) is 0. The van der Waals surface area contributed by atoms with Crippen LogP contribution in [-0.2, 0) is 21.7 Å². The Bertz CT molecular complexity index is 61.2. The van der Waals surface area contributed by atoms with Crippen molar-refractivity contribution >= 4 is 0 Å². The topological polar surface area (TPSA) is 0 Å². The minimum absolute atomic E-state index is 0. The van der Waals surface area contributed by atoms with Crippen LogP contribution in [-0.4, -0.2) is 0 Å². The van der Waals surface area contributed by atoms with Crippen molar-refractivity contribution in [2.24, 2.45) is 0 Å². The van der Waals surface area contributed by atoms with E-state index in [9.17, 15) is 0 Å². The van der Waals surface area contributed by atoms with Crippen LogP contribution in [0.25, 0.3) is 0 Å². The van der Waals surface area contributed by atoms with Gasteiger partial charge in [0.2, 0.25) is 0 Å². The molecule has 0 heterocycles. The van der Waals surface area contributed by atoms with Crippen molar-refractivity contribution < 1.29 is 21.7 Å². The first-order valence-corrected chi connectivity index (χ1v) is 2.37. The molecule has 56 valence electrons. The first-order chi connectivity index (χ1) is 3.50. The van der Waals surface area contributed by atoms with Gasteiger partial charge in [0.1, 0.15) is 0 Å². The van der Waals surface area contributed by atoms with Crippen molar-refractivity contribution in [1.29, 1.82) is 0 Å². The average Bonchev–Trinajstić information content (AvgIpc) is 2.23. The molecule has 0 amide bonds. The van der Waals surface area contributed by atoms with Crippen LogP contribution in [0.2, 0.25) is 0 Å². The maximum atomic E-state index is 3.25. The molecule has 1 aromatic carbocycles. The fourth-order valence-corrected chi connectivity index (χ4v) is 0.321. The Balaban J connectivity index is -0.0000000337. The summed E-state index contributed by atoms with van der Waals surface area (Å²) in [6.45, 7) is 5.00. The zero-order valence-corrected chi connectivity index (χ0v) is 8.66. The Labute approximate surface area is 80.9 Å². The van der Waals surface area contributed by atoms with Crippen LogP contribution in [0, 0.1) is 21.8 Å². The molecular weight excluding hydrogens is 156 g/mol. The van der Waals surface area contributed by atoms with E-state index in [0.717, 1.165) is 0 Å². The molecule has 1 aromatic rings. The Hall–Kier alpha value is 0.0643. The van der Waals surface area contributed by atoms with Crippen molar-refractivity contribution in [3.05, 3.63) is 52.1 Å². The smallest absolute Gasteiger partial charge is 0.358 e. The van der Waals surface area contributed by atoms with Gasteiger partial charge in [-0.15, -0.1) is 0 Å². The predicted molar refractivity (Wildman–Crippen MR) is 45.9 cm³/mol. The molecule has 1 rings (SSSR count). The molecule has 0 spiro atoms. The molecule has 0 aromatic heterocycles. The van der Waals surface area contributed by atoms with Crippen molar-refractivity contribution in [2.75, 3.05) is 0 Å². The minimum atomic E-state index is 0. The van der Waals surface area contributed by atoms with E-state index >= 15 is 0 Å². The van der Waals surface area contributed by atoms with E-state index in [4.69, 9.17) is 0 Å². The third-order valence-corrected chi connectivity index (χ3v) is 0.556. The van der Waals surface area contributed by atoms with Crippen LogP contribution in [0.15, 0.2) is 30.3 Å². The van der Waals surface area contributed by atoms with Crippen molar-refractivity contribution in [2.45, 2.75) is 6.92 Å². The van der Waals surface area contributed by atoms with Gasteiger partial charge >= 0.3 is 21.7 Å². The molecule has 0 unspecified atom stereocenters. The second kappa shape index (κ2) is 23.0. The van der Waals surface area contributed by atoms with Crippen LogP contribution in [0.5, 0.6) is 0 Å². The molecule has 0 atom stereocenters. The Morgan fingerprint density at radius 2 is 1.30 bits per heavy atom. The van der Waals surface area contributed by atoms with Gasteiger partial charge in [-0.2, -0.15) is 25.1 Å². The van der Waals surface area contributed by atoms with E-state index < -0.39 is 0 Å². The van der Waals surface area contributed by atoms with E-state index in [2.05, 4.69) is 6.92 Å². The average molecular weight is 172 g/mol. The van der Waals surface area contributed by atoms with E-state index in [0.29, 0.717) is 0 Å². The van der Waals surface area contributed by atoms with Gasteiger partial charge in [-0.3, -0.25) is 0 Å². The Kier molecular flexibility index (Phi) is 51.7. The first kappa shape index (κ1) is 22.5. The normalized spacial score (nSPS) is 4.60. The monoisotopic (exact) mass is 172 g/mol. The molecule has 0 aliphatic carbocycles. The van der Waals surface area contributed by atoms with Crippen molar-refractivity contribution in [3.63, 3.8) is 0 Å². The summed E-state index contributed by atoms with van der Waals surface area (Å²) >= 11 is 0. The molecule has 0 radical (unpaired) electrons. The van der Waals surface area contributed by atoms with Gasteiger partial charge in [-0.25, -0.2) is 12.1 Å². The molecule has 10 heavy (non-hydrogen) atoms. The molecule has 0 nitrogen and oxygen atoms in total. The summed E-state index contributed by atoms with van der Waals surface area (Å²) in [7, 11) is 0. The summed E-state index contributed by atoms with van der Waals surface area (Å²) in [6, 6.07) is 10.0. The summed E-state index contributed by atoms with van der Waals surface area (Å²) in [5.74, 6) is 0. The van der Waals surface area contributed by atoms with Crippen LogP contribution in [0.3, 0.4) is 0 Å². The fourth-order valence-electron chi connectivity index (χ4n) is 0.321. The molecule has 0 aliphatic rings. The standard InChI is InChI=1S/C5H5.C2H5.2CH3.Ti/c1-2-4-5-3-1;1-2;;;/h1-5H;1H2,2H3;2*1H3;/q4*-1;+4. The van der Waals surface area contributed by atoms with E-state index in [-0.39, 0.29) is 36.6 Å². The van der Waals surface area contributed by atoms with Crippen molar-refractivity contribution in [3.8, 4) is 0 Å². The van der Waals surface area contributed by atoms with Crippen LogP contribution >= 0.6 is 0 Å². The third kappa shape index (κ3) is 15.7. The van der Waals surface area contributed by atoms with Gasteiger partial charge in [-0.05, 0) is 0 Å². The fraction of sp³-hybridized carbons (Fsp3) is 0.111. The zero-order chi connectivity index (χ0) is 5.54. The summed E-state index contributed by atoms with van der Waals surface area (Å²) in [4.78, 5) is 0. The van der Waals surface area contributed by atoms with E-state index in [1.54, 1.807) is 6.92 Å². The van der Waals surface area contributed by atoms with Crippen LogP contribution in [0.1, 0.15) is 6.92 Å². The number of rotatable bonds is 0. The van der Waals surface area contributed by atoms with Crippen LogP contribution in [0.4, 0.5) is 0 Å². The molecule has 0 saturated carbocycles. The second-order valence-electron chi connectivity index (χ2n) is 0.962. The SMILES string of the molecule is [CH2-]C.[CH3-].[CH3-].[Ti+4].c1cc[cH-]c1. The molecule has 0 bridgehead atoms.